The van der Waals surface area contributed by atoms with E-state index in [2.05, 4.69) is 9.71 Å². The summed E-state index contributed by atoms with van der Waals surface area (Å²) in [5.41, 5.74) is 1.32. The predicted octanol–water partition coefficient (Wildman–Crippen LogP) is 2.29. The summed E-state index contributed by atoms with van der Waals surface area (Å²) in [6.07, 6.45) is 0.762. The molecule has 1 saturated heterocycles. The van der Waals surface area contributed by atoms with Crippen molar-refractivity contribution in [3.05, 3.63) is 41.5 Å². The lowest BCUT2D eigenvalue weighted by Crippen LogP contribution is -2.44. The molecular formula is C19H26N4O3S. The molecule has 2 aliphatic rings. The summed E-state index contributed by atoms with van der Waals surface area (Å²) in [4.78, 5) is 16.3. The minimum atomic E-state index is -3.71. The maximum atomic E-state index is 12.7. The minimum absolute atomic E-state index is 0.0786. The molecule has 2 aliphatic heterocycles. The zero-order chi connectivity index (χ0) is 19.6. The number of urea groups is 1. The fraction of sp³-hybridized carbons (Fsp3) is 0.474. The van der Waals surface area contributed by atoms with Crippen LogP contribution in [0.5, 0.6) is 0 Å². The molecule has 7 nitrogen and oxygen atoms in total. The Morgan fingerprint density at radius 1 is 1.11 bits per heavy atom. The minimum Gasteiger partial charge on any atom is -0.354 e. The van der Waals surface area contributed by atoms with Crippen molar-refractivity contribution in [2.24, 2.45) is 4.40 Å². The van der Waals surface area contributed by atoms with Gasteiger partial charge in [0.15, 0.2) is 0 Å². The van der Waals surface area contributed by atoms with Crippen LogP contribution in [-0.4, -0.2) is 62.3 Å². The number of amidine groups is 1. The molecule has 0 aromatic heterocycles. The molecule has 1 aromatic rings. The second-order valence-corrected chi connectivity index (χ2v) is 8.68. The molecule has 1 N–H and O–H groups in total. The standard InChI is InChI=1S/C19H26N4O3S/c1-14(2)20-19(24)23-11-7-10-22(12-13-23)18-15(3)17(27(25,26)21-18)16-8-5-4-6-9-16/h4-6,8-9,14H,7,10-13H2,1-3H3,(H,20,24). The van der Waals surface area contributed by atoms with E-state index in [0.29, 0.717) is 43.2 Å². The van der Waals surface area contributed by atoms with E-state index in [1.165, 1.54) is 0 Å². The van der Waals surface area contributed by atoms with E-state index in [0.717, 1.165) is 6.42 Å². The van der Waals surface area contributed by atoms with Gasteiger partial charge in [-0.05, 0) is 32.8 Å². The van der Waals surface area contributed by atoms with Gasteiger partial charge in [-0.15, -0.1) is 4.40 Å². The maximum Gasteiger partial charge on any atom is 0.317 e. The largest absolute Gasteiger partial charge is 0.354 e. The van der Waals surface area contributed by atoms with E-state index in [-0.39, 0.29) is 17.0 Å². The Morgan fingerprint density at radius 2 is 1.81 bits per heavy atom. The number of carbonyl (C=O) groups is 1. The third kappa shape index (κ3) is 4.16. The van der Waals surface area contributed by atoms with Crippen molar-refractivity contribution in [3.8, 4) is 0 Å². The molecule has 3 rings (SSSR count). The Hall–Kier alpha value is -2.35. The van der Waals surface area contributed by atoms with Crippen LogP contribution in [0.3, 0.4) is 0 Å². The Kier molecular flexibility index (Phi) is 5.55. The fourth-order valence-corrected chi connectivity index (χ4v) is 4.93. The van der Waals surface area contributed by atoms with Gasteiger partial charge in [-0.25, -0.2) is 4.79 Å². The van der Waals surface area contributed by atoms with Crippen LogP contribution in [0.2, 0.25) is 0 Å². The van der Waals surface area contributed by atoms with Crippen molar-refractivity contribution in [2.75, 3.05) is 26.2 Å². The van der Waals surface area contributed by atoms with Gasteiger partial charge in [0.25, 0.3) is 10.0 Å². The molecule has 1 fully saturated rings. The Morgan fingerprint density at radius 3 is 2.48 bits per heavy atom. The van der Waals surface area contributed by atoms with Crippen LogP contribution in [-0.2, 0) is 10.0 Å². The summed E-state index contributed by atoms with van der Waals surface area (Å²) >= 11 is 0. The van der Waals surface area contributed by atoms with Crippen molar-refractivity contribution in [1.29, 1.82) is 0 Å². The third-order valence-corrected chi connectivity index (χ3v) is 6.14. The molecular weight excluding hydrogens is 364 g/mol. The lowest BCUT2D eigenvalue weighted by Gasteiger charge is -2.24. The molecule has 146 valence electrons. The molecule has 0 atom stereocenters. The quantitative estimate of drug-likeness (QED) is 0.840. The highest BCUT2D eigenvalue weighted by molar-refractivity contribution is 8.00. The summed E-state index contributed by atoms with van der Waals surface area (Å²) in [7, 11) is -3.71. The molecule has 0 radical (unpaired) electrons. The number of benzene rings is 1. The highest BCUT2D eigenvalue weighted by Crippen LogP contribution is 2.33. The van der Waals surface area contributed by atoms with Crippen LogP contribution in [0, 0.1) is 0 Å². The van der Waals surface area contributed by atoms with Crippen molar-refractivity contribution < 1.29 is 13.2 Å². The first kappa shape index (κ1) is 19.4. The molecule has 0 bridgehead atoms. The average Bonchev–Trinajstić information content (AvgIpc) is 2.77. The monoisotopic (exact) mass is 390 g/mol. The first-order valence-corrected chi connectivity index (χ1v) is 10.7. The van der Waals surface area contributed by atoms with Crippen molar-refractivity contribution in [3.63, 3.8) is 0 Å². The second kappa shape index (κ2) is 7.72. The number of sulfonamides is 1. The Bertz CT molecular complexity index is 875. The normalized spacial score (nSPS) is 19.9. The number of hydrogen-bond donors (Lipinski definition) is 1. The van der Waals surface area contributed by atoms with Gasteiger partial charge in [-0.2, -0.15) is 8.42 Å². The van der Waals surface area contributed by atoms with E-state index in [1.807, 2.05) is 36.9 Å². The average molecular weight is 391 g/mol. The van der Waals surface area contributed by atoms with Gasteiger partial charge < -0.3 is 15.1 Å². The lowest BCUT2D eigenvalue weighted by molar-refractivity contribution is 0.198. The van der Waals surface area contributed by atoms with Gasteiger partial charge >= 0.3 is 6.03 Å². The van der Waals surface area contributed by atoms with E-state index in [1.54, 1.807) is 24.0 Å². The highest BCUT2D eigenvalue weighted by atomic mass is 32.2. The van der Waals surface area contributed by atoms with E-state index in [9.17, 15) is 13.2 Å². The fourth-order valence-electron chi connectivity index (χ4n) is 3.44. The predicted molar refractivity (Wildman–Crippen MR) is 107 cm³/mol. The van der Waals surface area contributed by atoms with E-state index >= 15 is 0 Å². The van der Waals surface area contributed by atoms with Gasteiger partial charge in [0.1, 0.15) is 10.7 Å². The number of amides is 2. The first-order chi connectivity index (χ1) is 12.8. The molecule has 0 saturated carbocycles. The zero-order valence-electron chi connectivity index (χ0n) is 16.0. The van der Waals surface area contributed by atoms with Crippen LogP contribution >= 0.6 is 0 Å². The molecule has 0 unspecified atom stereocenters. The molecule has 8 heteroatoms. The van der Waals surface area contributed by atoms with Crippen molar-refractivity contribution in [1.82, 2.24) is 15.1 Å². The SMILES string of the molecule is CC1=C(c2ccccc2)S(=O)(=O)N=C1N1CCCN(C(=O)NC(C)C)CC1. The first-order valence-electron chi connectivity index (χ1n) is 9.21. The Labute approximate surface area is 160 Å². The number of carbonyl (C=O) groups excluding carboxylic acids is 1. The third-order valence-electron chi connectivity index (χ3n) is 4.67. The molecule has 0 aliphatic carbocycles. The van der Waals surface area contributed by atoms with Crippen molar-refractivity contribution >= 4 is 26.8 Å². The van der Waals surface area contributed by atoms with E-state index in [4.69, 9.17) is 0 Å². The Balaban J connectivity index is 1.81. The summed E-state index contributed by atoms with van der Waals surface area (Å²) in [5.74, 6) is 0.500. The summed E-state index contributed by atoms with van der Waals surface area (Å²) in [6.45, 7) is 8.06. The van der Waals surface area contributed by atoms with E-state index < -0.39 is 10.0 Å². The smallest absolute Gasteiger partial charge is 0.317 e. The molecule has 1 aromatic carbocycles. The van der Waals surface area contributed by atoms with Crippen LogP contribution in [0.1, 0.15) is 32.8 Å². The highest BCUT2D eigenvalue weighted by Gasteiger charge is 2.34. The summed E-state index contributed by atoms with van der Waals surface area (Å²) in [5, 5.41) is 2.91. The zero-order valence-corrected chi connectivity index (χ0v) is 16.8. The molecule has 2 heterocycles. The van der Waals surface area contributed by atoms with Crippen LogP contribution in [0.25, 0.3) is 4.91 Å². The topological polar surface area (TPSA) is 82.1 Å². The number of rotatable bonds is 2. The van der Waals surface area contributed by atoms with Crippen LogP contribution in [0.15, 0.2) is 40.3 Å². The van der Waals surface area contributed by atoms with Crippen LogP contribution < -0.4 is 5.32 Å². The maximum absolute atomic E-state index is 12.7. The molecule has 27 heavy (non-hydrogen) atoms. The van der Waals surface area contributed by atoms with Crippen LogP contribution in [0.4, 0.5) is 4.79 Å². The van der Waals surface area contributed by atoms with Gasteiger partial charge in [0, 0.05) is 37.8 Å². The second-order valence-electron chi connectivity index (χ2n) is 7.14. The van der Waals surface area contributed by atoms with Gasteiger partial charge in [-0.1, -0.05) is 30.3 Å². The molecule has 2 amide bonds. The van der Waals surface area contributed by atoms with Gasteiger partial charge in [0.2, 0.25) is 0 Å². The van der Waals surface area contributed by atoms with Gasteiger partial charge in [0.05, 0.1) is 0 Å². The van der Waals surface area contributed by atoms with Gasteiger partial charge in [-0.3, -0.25) is 0 Å². The number of hydrogen-bond acceptors (Lipinski definition) is 4. The summed E-state index contributed by atoms with van der Waals surface area (Å²) in [6, 6.07) is 9.07. The van der Waals surface area contributed by atoms with Crippen molar-refractivity contribution in [2.45, 2.75) is 33.2 Å². The summed E-state index contributed by atoms with van der Waals surface area (Å²) < 4.78 is 29.4. The number of nitrogens with zero attached hydrogens (tertiary/aromatic N) is 3. The number of nitrogens with one attached hydrogen (secondary N) is 1. The molecule has 0 spiro atoms. The lowest BCUT2D eigenvalue weighted by atomic mass is 10.1.